The van der Waals surface area contributed by atoms with Crippen molar-refractivity contribution in [2.24, 2.45) is 0 Å². The summed E-state index contributed by atoms with van der Waals surface area (Å²) in [6.07, 6.45) is 91.4. The van der Waals surface area contributed by atoms with Crippen molar-refractivity contribution in [2.45, 2.75) is 392 Å². The highest BCUT2D eigenvalue weighted by atomic mass is 31.2. The standard InChI is InChI=1S/C76H147N2O6P/c1-6-8-10-12-14-16-18-20-22-24-26-28-30-32-34-35-36-37-38-39-40-41-42-43-44-46-48-50-52-54-56-58-60-62-64-66-68-70-76(80)77-74(73-84-85(81,82)83-72-71-78(3,4)5)75(79)69-67-65-63-61-59-57-55-53-51-49-47-45-33-31-29-27-25-23-21-19-17-15-13-11-9-7-2/h18,20,24,26,30,32,67,69,74-75,79H,6-17,19,21-23,25,27-29,31,33-66,68,70-73H2,1-5H3,(H-,77,80,81,82)/p+1/b20-18-,26-24-,32-30-,69-67+. The molecular formula is C76H148N2O6P+. The van der Waals surface area contributed by atoms with Gasteiger partial charge >= 0.3 is 7.82 Å². The van der Waals surface area contributed by atoms with Crippen molar-refractivity contribution in [1.82, 2.24) is 5.32 Å². The molecule has 0 rings (SSSR count). The minimum atomic E-state index is -4.35. The third-order valence-electron chi connectivity index (χ3n) is 17.3. The van der Waals surface area contributed by atoms with E-state index in [0.29, 0.717) is 17.4 Å². The van der Waals surface area contributed by atoms with E-state index in [1.807, 2.05) is 27.2 Å². The number of nitrogens with one attached hydrogen (secondary N) is 1. The summed E-state index contributed by atoms with van der Waals surface area (Å²) in [6, 6.07) is -0.847. The molecule has 0 fully saturated rings. The molecule has 3 unspecified atom stereocenters. The number of hydrogen-bond acceptors (Lipinski definition) is 5. The summed E-state index contributed by atoms with van der Waals surface area (Å²) in [7, 11) is 1.59. The Bertz CT molecular complexity index is 1530. The average Bonchev–Trinajstić information content (AvgIpc) is 3.49. The lowest BCUT2D eigenvalue weighted by Crippen LogP contribution is -2.45. The Morgan fingerprint density at radius 1 is 0.400 bits per heavy atom. The number of carbonyl (C=O) groups is 1. The third-order valence-corrected chi connectivity index (χ3v) is 18.3. The van der Waals surface area contributed by atoms with Crippen LogP contribution < -0.4 is 5.32 Å². The second-order valence-electron chi connectivity index (χ2n) is 27.0. The topological polar surface area (TPSA) is 105 Å². The maximum absolute atomic E-state index is 13.1. The number of phosphoric ester groups is 1. The number of nitrogens with zero attached hydrogens (tertiary/aromatic N) is 1. The fraction of sp³-hybridized carbons (Fsp3) is 0.882. The molecule has 9 heteroatoms. The number of quaternary nitrogens is 1. The highest BCUT2D eigenvalue weighted by Gasteiger charge is 2.28. The minimum absolute atomic E-state index is 0.0633. The van der Waals surface area contributed by atoms with Gasteiger partial charge in [0.2, 0.25) is 5.91 Å². The van der Waals surface area contributed by atoms with Gasteiger partial charge in [0, 0.05) is 6.42 Å². The first-order valence-electron chi connectivity index (χ1n) is 37.5. The second-order valence-corrected chi connectivity index (χ2v) is 28.5. The number of aliphatic hydroxyl groups excluding tert-OH is 1. The lowest BCUT2D eigenvalue weighted by atomic mass is 10.0. The highest BCUT2D eigenvalue weighted by molar-refractivity contribution is 7.47. The maximum atomic E-state index is 13.1. The van der Waals surface area contributed by atoms with Gasteiger partial charge in [-0.1, -0.05) is 364 Å². The van der Waals surface area contributed by atoms with Gasteiger partial charge in [-0.25, -0.2) is 4.57 Å². The zero-order chi connectivity index (χ0) is 61.9. The summed E-state index contributed by atoms with van der Waals surface area (Å²) in [5, 5.41) is 14.0. The van der Waals surface area contributed by atoms with Crippen LogP contribution in [0, 0.1) is 0 Å². The molecule has 0 bridgehead atoms. The average molecular weight is 1220 g/mol. The van der Waals surface area contributed by atoms with Gasteiger partial charge in [-0.15, -0.1) is 0 Å². The number of allylic oxidation sites excluding steroid dienone is 7. The number of rotatable bonds is 70. The van der Waals surface area contributed by atoms with Crippen LogP contribution in [0.25, 0.3) is 0 Å². The van der Waals surface area contributed by atoms with Gasteiger partial charge in [-0.05, 0) is 57.8 Å². The Kier molecular flexibility index (Phi) is 65.7. The number of amides is 1. The van der Waals surface area contributed by atoms with Crippen molar-refractivity contribution in [3.05, 3.63) is 48.6 Å². The van der Waals surface area contributed by atoms with E-state index in [1.165, 1.54) is 315 Å². The number of phosphoric acid groups is 1. The molecular weight excluding hydrogens is 1070 g/mol. The molecule has 0 heterocycles. The van der Waals surface area contributed by atoms with E-state index in [-0.39, 0.29) is 19.1 Å². The molecule has 0 aliphatic carbocycles. The number of unbranched alkanes of at least 4 members (excludes halogenated alkanes) is 51. The predicted molar refractivity (Wildman–Crippen MR) is 374 cm³/mol. The summed E-state index contributed by atoms with van der Waals surface area (Å²) in [5.74, 6) is -0.169. The first-order valence-corrected chi connectivity index (χ1v) is 39.0. The van der Waals surface area contributed by atoms with Gasteiger partial charge in [0.15, 0.2) is 0 Å². The largest absolute Gasteiger partial charge is 0.472 e. The minimum Gasteiger partial charge on any atom is -0.387 e. The molecule has 0 aromatic carbocycles. The first kappa shape index (κ1) is 83.5. The van der Waals surface area contributed by atoms with Crippen molar-refractivity contribution in [3.63, 3.8) is 0 Å². The molecule has 0 radical (unpaired) electrons. The van der Waals surface area contributed by atoms with E-state index >= 15 is 0 Å². The van der Waals surface area contributed by atoms with Gasteiger partial charge in [-0.2, -0.15) is 0 Å². The zero-order valence-electron chi connectivity index (χ0n) is 57.6. The molecule has 0 aromatic rings. The lowest BCUT2D eigenvalue weighted by molar-refractivity contribution is -0.870. The molecule has 0 spiro atoms. The monoisotopic (exact) mass is 1220 g/mol. The fourth-order valence-corrected chi connectivity index (χ4v) is 12.2. The Balaban J connectivity index is 3.98. The van der Waals surface area contributed by atoms with Crippen LogP contribution >= 0.6 is 7.82 Å². The number of aliphatic hydroxyl groups is 1. The summed E-state index contributed by atoms with van der Waals surface area (Å²) in [4.78, 5) is 23.5. The van der Waals surface area contributed by atoms with Gasteiger partial charge in [0.1, 0.15) is 13.2 Å². The highest BCUT2D eigenvalue weighted by Crippen LogP contribution is 2.43. The van der Waals surface area contributed by atoms with Crippen molar-refractivity contribution < 1.29 is 32.9 Å². The van der Waals surface area contributed by atoms with Crippen LogP contribution in [0.3, 0.4) is 0 Å². The van der Waals surface area contributed by atoms with Crippen LogP contribution in [0.4, 0.5) is 0 Å². The summed E-state index contributed by atoms with van der Waals surface area (Å²) in [6.45, 7) is 4.86. The van der Waals surface area contributed by atoms with Crippen molar-refractivity contribution in [2.75, 3.05) is 40.9 Å². The smallest absolute Gasteiger partial charge is 0.387 e. The van der Waals surface area contributed by atoms with Crippen molar-refractivity contribution >= 4 is 13.7 Å². The SMILES string of the molecule is CCCCCCC/C=C\C/C=C\C/C=C\CCCCCCCCCCCCCCCCCCCCCCCCC(=O)NC(COP(=O)(O)OCC[N+](C)(C)C)C(O)/C=C/CCCCCCCCCCCCCCCCCCCCCCCCCC. The lowest BCUT2D eigenvalue weighted by Gasteiger charge is -2.25. The van der Waals surface area contributed by atoms with E-state index in [4.69, 9.17) is 9.05 Å². The van der Waals surface area contributed by atoms with E-state index in [9.17, 15) is 19.4 Å². The molecule has 3 atom stereocenters. The zero-order valence-corrected chi connectivity index (χ0v) is 58.5. The predicted octanol–water partition coefficient (Wildman–Crippen LogP) is 24.2. The molecule has 8 nitrogen and oxygen atoms in total. The van der Waals surface area contributed by atoms with Crippen LogP contribution in [-0.4, -0.2) is 73.4 Å². The van der Waals surface area contributed by atoms with Gasteiger partial charge in [0.25, 0.3) is 0 Å². The van der Waals surface area contributed by atoms with E-state index in [2.05, 4.69) is 55.6 Å². The van der Waals surface area contributed by atoms with Crippen molar-refractivity contribution in [3.8, 4) is 0 Å². The molecule has 0 saturated carbocycles. The van der Waals surface area contributed by atoms with E-state index < -0.39 is 20.0 Å². The molecule has 0 aliphatic rings. The van der Waals surface area contributed by atoms with Crippen LogP contribution in [0.5, 0.6) is 0 Å². The van der Waals surface area contributed by atoms with Crippen LogP contribution in [-0.2, 0) is 18.4 Å². The summed E-state index contributed by atoms with van der Waals surface area (Å²) >= 11 is 0. The van der Waals surface area contributed by atoms with Gasteiger partial charge in [-0.3, -0.25) is 13.8 Å². The molecule has 1 amide bonds. The maximum Gasteiger partial charge on any atom is 0.472 e. The molecule has 0 saturated heterocycles. The molecule has 502 valence electrons. The number of carbonyl (C=O) groups excluding carboxylic acids is 1. The number of hydrogen-bond donors (Lipinski definition) is 3. The second kappa shape index (κ2) is 66.9. The first-order chi connectivity index (χ1) is 41.5. The molecule has 0 aromatic heterocycles. The fourth-order valence-electron chi connectivity index (χ4n) is 11.5. The van der Waals surface area contributed by atoms with Crippen LogP contribution in [0.15, 0.2) is 48.6 Å². The Morgan fingerprint density at radius 3 is 0.976 bits per heavy atom. The third kappa shape index (κ3) is 69.8. The van der Waals surface area contributed by atoms with Gasteiger partial charge < -0.3 is 19.8 Å². The Labute approximate surface area is 530 Å². The number of likely N-dealkylation sites (N-methyl/N-ethyl adjacent to an activating group) is 1. The van der Waals surface area contributed by atoms with Crippen LogP contribution in [0.1, 0.15) is 380 Å². The summed E-state index contributed by atoms with van der Waals surface area (Å²) in [5.41, 5.74) is 0. The van der Waals surface area contributed by atoms with E-state index in [0.717, 1.165) is 44.9 Å². The van der Waals surface area contributed by atoms with E-state index in [1.54, 1.807) is 6.08 Å². The molecule has 85 heavy (non-hydrogen) atoms. The quantitative estimate of drug-likeness (QED) is 0.0243. The van der Waals surface area contributed by atoms with Gasteiger partial charge in [0.05, 0.1) is 39.9 Å². The van der Waals surface area contributed by atoms with Crippen LogP contribution in [0.2, 0.25) is 0 Å². The van der Waals surface area contributed by atoms with Crippen molar-refractivity contribution in [1.29, 1.82) is 0 Å². The normalized spacial score (nSPS) is 13.8. The summed E-state index contributed by atoms with van der Waals surface area (Å²) < 4.78 is 23.9. The molecule has 0 aliphatic heterocycles. The molecule has 3 N–H and O–H groups in total. The Hall–Kier alpha value is -1.54. The Morgan fingerprint density at radius 2 is 0.671 bits per heavy atom.